The third-order valence-corrected chi connectivity index (χ3v) is 7.99. The lowest BCUT2D eigenvalue weighted by atomic mass is 9.48. The van der Waals surface area contributed by atoms with Gasteiger partial charge in [-0.2, -0.15) is 0 Å². The summed E-state index contributed by atoms with van der Waals surface area (Å²) in [5.41, 5.74) is 2.77. The molecule has 6 rings (SSSR count). The molecule has 4 nitrogen and oxygen atoms in total. The van der Waals surface area contributed by atoms with Gasteiger partial charge in [0.05, 0.1) is 17.6 Å². The average Bonchev–Trinajstić information content (AvgIpc) is 2.73. The fraction of sp³-hybridized carbons (Fsp3) is 0.577. The number of benzene rings is 1. The molecule has 4 bridgehead atoms. The molecule has 0 radical (unpaired) electrons. The highest BCUT2D eigenvalue weighted by molar-refractivity contribution is 5.92. The van der Waals surface area contributed by atoms with Crippen molar-refractivity contribution in [1.82, 2.24) is 9.97 Å². The average molecular weight is 422 g/mol. The Kier molecular flexibility index (Phi) is 5.31. The van der Waals surface area contributed by atoms with Gasteiger partial charge in [0, 0.05) is 11.5 Å². The Balaban J connectivity index is 1.48. The first-order valence-corrected chi connectivity index (χ1v) is 11.9. The van der Waals surface area contributed by atoms with Gasteiger partial charge < -0.3 is 5.32 Å². The number of rotatable bonds is 6. The first-order valence-electron chi connectivity index (χ1n) is 11.9. The van der Waals surface area contributed by atoms with Gasteiger partial charge in [-0.15, -0.1) is 0 Å². The summed E-state index contributed by atoms with van der Waals surface area (Å²) in [7, 11) is 0. The molecule has 1 heterocycles. The minimum atomic E-state index is -0.261. The minimum Gasteiger partial charge on any atom is -0.309 e. The number of carbonyl (C=O) groups is 1. The van der Waals surface area contributed by atoms with Crippen molar-refractivity contribution in [3.63, 3.8) is 0 Å². The number of amides is 1. The zero-order chi connectivity index (χ0) is 21.6. The highest BCUT2D eigenvalue weighted by Gasteiger charge is 2.51. The van der Waals surface area contributed by atoms with Gasteiger partial charge in [0.2, 0.25) is 5.91 Å². The molecule has 5 heteroatoms. The molecule has 1 N–H and O–H groups in total. The zero-order valence-electron chi connectivity index (χ0n) is 18.5. The molecule has 1 aromatic carbocycles. The van der Waals surface area contributed by atoms with E-state index in [9.17, 15) is 9.18 Å². The standard InChI is InChI=1S/C26H32FN3O/c1-3-16(2)25(31)30-24-22(29-23(15-28-24)20-4-6-21(27)7-5-20)14-26-11-17-8-18(12-26)10-19(9-17)13-26/h4-7,15-19H,3,8-14H2,1-2H3,(H,28,30,31). The molecule has 164 valence electrons. The van der Waals surface area contributed by atoms with Gasteiger partial charge in [-0.3, -0.25) is 4.79 Å². The molecular formula is C26H32FN3O. The van der Waals surface area contributed by atoms with Crippen LogP contribution < -0.4 is 5.32 Å². The SMILES string of the molecule is CCC(C)C(=O)Nc1ncc(-c2ccc(F)cc2)nc1CC12CC3CC(CC(C3)C1)C2. The van der Waals surface area contributed by atoms with E-state index in [0.29, 0.717) is 11.2 Å². The molecule has 4 saturated carbocycles. The summed E-state index contributed by atoms with van der Waals surface area (Å²) in [4.78, 5) is 22.3. The maximum absolute atomic E-state index is 13.4. The van der Waals surface area contributed by atoms with Gasteiger partial charge in [-0.05, 0) is 98.8 Å². The molecule has 31 heavy (non-hydrogen) atoms. The van der Waals surface area contributed by atoms with E-state index in [2.05, 4.69) is 10.3 Å². The van der Waals surface area contributed by atoms with Crippen LogP contribution in [0.25, 0.3) is 11.3 Å². The number of hydrogen-bond acceptors (Lipinski definition) is 3. The fourth-order valence-electron chi connectivity index (χ4n) is 6.70. The van der Waals surface area contributed by atoms with E-state index in [1.54, 1.807) is 18.3 Å². The van der Waals surface area contributed by atoms with Crippen molar-refractivity contribution in [2.45, 2.75) is 65.2 Å². The lowest BCUT2D eigenvalue weighted by molar-refractivity contribution is -0.119. The van der Waals surface area contributed by atoms with Crippen LogP contribution in [0.5, 0.6) is 0 Å². The topological polar surface area (TPSA) is 54.9 Å². The summed E-state index contributed by atoms with van der Waals surface area (Å²) in [6.07, 6.45) is 11.4. The van der Waals surface area contributed by atoms with Crippen molar-refractivity contribution in [3.05, 3.63) is 42.0 Å². The van der Waals surface area contributed by atoms with Crippen molar-refractivity contribution in [2.75, 3.05) is 5.32 Å². The highest BCUT2D eigenvalue weighted by Crippen LogP contribution is 2.61. The number of hydrogen-bond donors (Lipinski definition) is 1. The van der Waals surface area contributed by atoms with E-state index in [0.717, 1.165) is 47.5 Å². The third-order valence-electron chi connectivity index (χ3n) is 7.99. The number of carbonyl (C=O) groups excluding carboxylic acids is 1. The normalized spacial score (nSPS) is 29.7. The smallest absolute Gasteiger partial charge is 0.228 e. The van der Waals surface area contributed by atoms with Gasteiger partial charge in [0.1, 0.15) is 5.82 Å². The summed E-state index contributed by atoms with van der Waals surface area (Å²) in [6.45, 7) is 3.96. The summed E-state index contributed by atoms with van der Waals surface area (Å²) < 4.78 is 13.4. The lowest BCUT2D eigenvalue weighted by Gasteiger charge is -2.57. The Morgan fingerprint density at radius 3 is 2.32 bits per heavy atom. The van der Waals surface area contributed by atoms with Crippen LogP contribution in [-0.4, -0.2) is 15.9 Å². The third kappa shape index (κ3) is 4.11. The van der Waals surface area contributed by atoms with E-state index in [1.165, 1.54) is 50.7 Å². The van der Waals surface area contributed by atoms with Crippen molar-refractivity contribution in [1.29, 1.82) is 0 Å². The minimum absolute atomic E-state index is 0.00176. The number of nitrogens with zero attached hydrogens (tertiary/aromatic N) is 2. The molecule has 1 atom stereocenters. The first kappa shape index (κ1) is 20.6. The summed E-state index contributed by atoms with van der Waals surface area (Å²) in [5, 5.41) is 3.06. The molecule has 4 fully saturated rings. The van der Waals surface area contributed by atoms with E-state index >= 15 is 0 Å². The number of halogens is 1. The molecule has 2 aromatic rings. The summed E-state index contributed by atoms with van der Waals surface area (Å²) >= 11 is 0. The Labute approximate surface area is 184 Å². The van der Waals surface area contributed by atoms with Crippen LogP contribution in [0.4, 0.5) is 10.2 Å². The Bertz CT molecular complexity index is 936. The molecule has 1 amide bonds. The van der Waals surface area contributed by atoms with Crippen LogP contribution in [0.3, 0.4) is 0 Å². The largest absolute Gasteiger partial charge is 0.309 e. The van der Waals surface area contributed by atoms with Crippen LogP contribution in [-0.2, 0) is 11.2 Å². The lowest BCUT2D eigenvalue weighted by Crippen LogP contribution is -2.47. The quantitative estimate of drug-likeness (QED) is 0.620. The molecule has 4 aliphatic rings. The van der Waals surface area contributed by atoms with E-state index in [-0.39, 0.29) is 17.6 Å². The zero-order valence-corrected chi connectivity index (χ0v) is 18.5. The monoisotopic (exact) mass is 421 g/mol. The van der Waals surface area contributed by atoms with Crippen molar-refractivity contribution < 1.29 is 9.18 Å². The van der Waals surface area contributed by atoms with Gasteiger partial charge >= 0.3 is 0 Å². The van der Waals surface area contributed by atoms with E-state index < -0.39 is 0 Å². The molecule has 1 unspecified atom stereocenters. The Morgan fingerprint density at radius 2 is 1.74 bits per heavy atom. The van der Waals surface area contributed by atoms with Gasteiger partial charge in [-0.25, -0.2) is 14.4 Å². The maximum atomic E-state index is 13.4. The Morgan fingerprint density at radius 1 is 1.13 bits per heavy atom. The van der Waals surface area contributed by atoms with Crippen LogP contribution in [0.1, 0.15) is 64.5 Å². The van der Waals surface area contributed by atoms with Crippen molar-refractivity contribution in [3.8, 4) is 11.3 Å². The second kappa shape index (κ2) is 7.99. The molecule has 1 aromatic heterocycles. The predicted octanol–water partition coefficient (Wildman–Crippen LogP) is 6.03. The summed E-state index contributed by atoms with van der Waals surface area (Å²) in [6, 6.07) is 6.39. The van der Waals surface area contributed by atoms with Crippen LogP contribution in [0.2, 0.25) is 0 Å². The number of aromatic nitrogens is 2. The fourth-order valence-corrected chi connectivity index (χ4v) is 6.70. The predicted molar refractivity (Wildman–Crippen MR) is 120 cm³/mol. The summed E-state index contributed by atoms with van der Waals surface area (Å²) in [5.74, 6) is 2.85. The molecule has 0 spiro atoms. The van der Waals surface area contributed by atoms with Gasteiger partial charge in [-0.1, -0.05) is 13.8 Å². The first-order chi connectivity index (χ1) is 14.9. The maximum Gasteiger partial charge on any atom is 0.228 e. The number of anilines is 1. The second-order valence-electron chi connectivity index (χ2n) is 10.5. The molecule has 0 aliphatic heterocycles. The van der Waals surface area contributed by atoms with Crippen LogP contribution in [0.15, 0.2) is 30.5 Å². The van der Waals surface area contributed by atoms with Crippen LogP contribution >= 0.6 is 0 Å². The number of nitrogens with one attached hydrogen (secondary N) is 1. The Hall–Kier alpha value is -2.30. The van der Waals surface area contributed by atoms with Crippen molar-refractivity contribution in [2.24, 2.45) is 29.1 Å². The van der Waals surface area contributed by atoms with Crippen LogP contribution in [0, 0.1) is 34.9 Å². The molecule has 4 aliphatic carbocycles. The highest BCUT2D eigenvalue weighted by atomic mass is 19.1. The van der Waals surface area contributed by atoms with E-state index in [4.69, 9.17) is 4.98 Å². The molecule has 0 saturated heterocycles. The van der Waals surface area contributed by atoms with Gasteiger partial charge in [0.15, 0.2) is 5.82 Å². The molecular weight excluding hydrogens is 389 g/mol. The van der Waals surface area contributed by atoms with E-state index in [1.807, 2.05) is 13.8 Å². The second-order valence-corrected chi connectivity index (χ2v) is 10.5. The van der Waals surface area contributed by atoms with Crippen molar-refractivity contribution >= 4 is 11.7 Å². The van der Waals surface area contributed by atoms with Gasteiger partial charge in [0.25, 0.3) is 0 Å².